The summed E-state index contributed by atoms with van der Waals surface area (Å²) < 4.78 is 0. The van der Waals surface area contributed by atoms with Crippen LogP contribution in [-0.2, 0) is 11.3 Å². The van der Waals surface area contributed by atoms with Crippen molar-refractivity contribution in [3.63, 3.8) is 0 Å². The molecule has 0 bridgehead atoms. The predicted octanol–water partition coefficient (Wildman–Crippen LogP) is 3.07. The third-order valence-corrected chi connectivity index (χ3v) is 4.40. The van der Waals surface area contributed by atoms with Gasteiger partial charge in [-0.3, -0.25) is 4.79 Å². The van der Waals surface area contributed by atoms with Crippen molar-refractivity contribution in [2.75, 3.05) is 27.2 Å². The second kappa shape index (κ2) is 8.31. The lowest BCUT2D eigenvalue weighted by molar-refractivity contribution is -0.133. The van der Waals surface area contributed by atoms with E-state index in [4.69, 9.17) is 11.6 Å². The summed E-state index contributed by atoms with van der Waals surface area (Å²) in [6, 6.07) is 7.47. The number of carbonyl (C=O) groups excluding carboxylic acids is 1. The molecule has 0 aliphatic rings. The molecule has 1 heterocycles. The van der Waals surface area contributed by atoms with Gasteiger partial charge in [0.05, 0.1) is 24.5 Å². The van der Waals surface area contributed by atoms with E-state index < -0.39 is 0 Å². The number of imidazole rings is 1. The minimum absolute atomic E-state index is 0.0987. The highest BCUT2D eigenvalue weighted by molar-refractivity contribution is 6.30. The summed E-state index contributed by atoms with van der Waals surface area (Å²) in [5.41, 5.74) is 2.88. The molecule has 5 nitrogen and oxygen atoms in total. The van der Waals surface area contributed by atoms with Gasteiger partial charge in [0.2, 0.25) is 5.91 Å². The molecule has 0 radical (unpaired) electrons. The van der Waals surface area contributed by atoms with Crippen LogP contribution in [0, 0.1) is 6.92 Å². The summed E-state index contributed by atoms with van der Waals surface area (Å²) in [5.74, 6) is -0.120. The normalized spacial score (nSPS) is 12.4. The molecule has 0 aliphatic carbocycles. The Morgan fingerprint density at radius 2 is 1.92 bits per heavy atom. The largest absolute Gasteiger partial charge is 0.348 e. The molecule has 0 aliphatic heterocycles. The van der Waals surface area contributed by atoms with Crippen molar-refractivity contribution >= 4 is 17.5 Å². The minimum Gasteiger partial charge on any atom is -0.348 e. The molecule has 2 aromatic rings. The van der Waals surface area contributed by atoms with Crippen LogP contribution in [0.25, 0.3) is 0 Å². The quantitative estimate of drug-likeness (QED) is 0.836. The molecule has 2 rings (SSSR count). The van der Waals surface area contributed by atoms with Crippen molar-refractivity contribution in [2.45, 2.75) is 26.3 Å². The van der Waals surface area contributed by atoms with Gasteiger partial charge >= 0.3 is 0 Å². The van der Waals surface area contributed by atoms with Crippen LogP contribution in [0.15, 0.2) is 30.6 Å². The topological polar surface area (TPSA) is 52.2 Å². The van der Waals surface area contributed by atoms with Crippen LogP contribution in [-0.4, -0.2) is 52.9 Å². The van der Waals surface area contributed by atoms with Gasteiger partial charge in [0.15, 0.2) is 0 Å². The maximum absolute atomic E-state index is 13.0. The fraction of sp³-hybridized carbons (Fsp3) is 0.444. The van der Waals surface area contributed by atoms with Gasteiger partial charge < -0.3 is 14.8 Å². The van der Waals surface area contributed by atoms with Crippen LogP contribution in [0.3, 0.4) is 0 Å². The summed E-state index contributed by atoms with van der Waals surface area (Å²) in [5, 5.41) is 0.676. The number of carbonyl (C=O) groups is 1. The van der Waals surface area contributed by atoms with E-state index in [9.17, 15) is 4.79 Å². The average Bonchev–Trinajstić information content (AvgIpc) is 2.95. The molecular formula is C18H25ClN4O. The van der Waals surface area contributed by atoms with Gasteiger partial charge in [-0.1, -0.05) is 23.7 Å². The number of halogens is 1. The van der Waals surface area contributed by atoms with E-state index in [-0.39, 0.29) is 11.8 Å². The van der Waals surface area contributed by atoms with Crippen LogP contribution >= 0.6 is 11.6 Å². The highest BCUT2D eigenvalue weighted by Gasteiger charge is 2.23. The van der Waals surface area contributed by atoms with E-state index >= 15 is 0 Å². The van der Waals surface area contributed by atoms with E-state index in [2.05, 4.69) is 14.9 Å². The molecule has 0 saturated heterocycles. The molecule has 1 aromatic heterocycles. The SMILES string of the molecule is Cc1[nH]cnc1CN(CCN(C)C)C(=O)C(C)c1ccc(Cl)cc1. The van der Waals surface area contributed by atoms with Gasteiger partial charge in [-0.25, -0.2) is 4.98 Å². The number of nitrogens with one attached hydrogen (secondary N) is 1. The molecule has 0 fully saturated rings. The number of nitrogens with zero attached hydrogens (tertiary/aromatic N) is 3. The highest BCUT2D eigenvalue weighted by atomic mass is 35.5. The number of H-pyrrole nitrogens is 1. The van der Waals surface area contributed by atoms with Gasteiger partial charge in [0, 0.05) is 23.8 Å². The van der Waals surface area contributed by atoms with Crippen LogP contribution in [0.2, 0.25) is 5.02 Å². The molecule has 1 atom stereocenters. The second-order valence-corrected chi connectivity index (χ2v) is 6.75. The zero-order valence-electron chi connectivity index (χ0n) is 14.7. The first-order chi connectivity index (χ1) is 11.4. The molecule has 130 valence electrons. The minimum atomic E-state index is -0.219. The number of rotatable bonds is 7. The Bertz CT molecular complexity index is 666. The van der Waals surface area contributed by atoms with Crippen molar-refractivity contribution in [3.05, 3.63) is 52.6 Å². The molecule has 1 N–H and O–H groups in total. The highest BCUT2D eigenvalue weighted by Crippen LogP contribution is 2.21. The van der Waals surface area contributed by atoms with Crippen LogP contribution in [0.1, 0.15) is 29.8 Å². The van der Waals surface area contributed by atoms with Crippen LogP contribution in [0.5, 0.6) is 0 Å². The average molecular weight is 349 g/mol. The van der Waals surface area contributed by atoms with Gasteiger partial charge in [0.1, 0.15) is 0 Å². The van der Waals surface area contributed by atoms with Gasteiger partial charge in [0.25, 0.3) is 0 Å². The van der Waals surface area contributed by atoms with E-state index in [1.165, 1.54) is 0 Å². The Morgan fingerprint density at radius 3 is 2.46 bits per heavy atom. The maximum atomic E-state index is 13.0. The van der Waals surface area contributed by atoms with Crippen molar-refractivity contribution in [1.29, 1.82) is 0 Å². The fourth-order valence-electron chi connectivity index (χ4n) is 2.48. The number of aromatic nitrogens is 2. The molecule has 1 amide bonds. The second-order valence-electron chi connectivity index (χ2n) is 6.31. The van der Waals surface area contributed by atoms with Crippen LogP contribution < -0.4 is 0 Å². The number of likely N-dealkylation sites (N-methyl/N-ethyl adjacent to an activating group) is 1. The monoisotopic (exact) mass is 348 g/mol. The summed E-state index contributed by atoms with van der Waals surface area (Å²) in [7, 11) is 4.01. The van der Waals surface area contributed by atoms with Crippen molar-refractivity contribution in [3.8, 4) is 0 Å². The molecule has 1 unspecified atom stereocenters. The van der Waals surface area contributed by atoms with Crippen LogP contribution in [0.4, 0.5) is 0 Å². The Kier molecular flexibility index (Phi) is 6.40. The third-order valence-electron chi connectivity index (χ3n) is 4.14. The van der Waals surface area contributed by atoms with Gasteiger partial charge in [-0.05, 0) is 45.6 Å². The molecule has 6 heteroatoms. The molecule has 24 heavy (non-hydrogen) atoms. The molecule has 0 spiro atoms. The van der Waals surface area contributed by atoms with E-state index in [1.54, 1.807) is 6.33 Å². The van der Waals surface area contributed by atoms with Crippen molar-refractivity contribution in [2.24, 2.45) is 0 Å². The number of benzene rings is 1. The maximum Gasteiger partial charge on any atom is 0.230 e. The van der Waals surface area contributed by atoms with E-state index in [0.29, 0.717) is 18.1 Å². The zero-order chi connectivity index (χ0) is 17.7. The summed E-state index contributed by atoms with van der Waals surface area (Å²) in [4.78, 5) is 24.4. The number of hydrogen-bond donors (Lipinski definition) is 1. The summed E-state index contributed by atoms with van der Waals surface area (Å²) >= 11 is 5.94. The fourth-order valence-corrected chi connectivity index (χ4v) is 2.61. The Morgan fingerprint density at radius 1 is 1.25 bits per heavy atom. The molecule has 0 saturated carbocycles. The van der Waals surface area contributed by atoms with E-state index in [1.807, 2.05) is 57.1 Å². The number of amides is 1. The Balaban J connectivity index is 2.16. The zero-order valence-corrected chi connectivity index (χ0v) is 15.5. The lowest BCUT2D eigenvalue weighted by Gasteiger charge is -2.27. The van der Waals surface area contributed by atoms with E-state index in [0.717, 1.165) is 23.5 Å². The smallest absolute Gasteiger partial charge is 0.230 e. The van der Waals surface area contributed by atoms with Crippen molar-refractivity contribution in [1.82, 2.24) is 19.8 Å². The van der Waals surface area contributed by atoms with Gasteiger partial charge in [-0.15, -0.1) is 0 Å². The lowest BCUT2D eigenvalue weighted by atomic mass is 9.99. The first-order valence-corrected chi connectivity index (χ1v) is 8.44. The van der Waals surface area contributed by atoms with Crippen molar-refractivity contribution < 1.29 is 4.79 Å². The lowest BCUT2D eigenvalue weighted by Crippen LogP contribution is -2.38. The first-order valence-electron chi connectivity index (χ1n) is 8.06. The first kappa shape index (κ1) is 18.5. The predicted molar refractivity (Wildman–Crippen MR) is 97.2 cm³/mol. The Labute approximate surface area is 148 Å². The summed E-state index contributed by atoms with van der Waals surface area (Å²) in [6.45, 7) is 5.89. The Hall–Kier alpha value is -1.85. The summed E-state index contributed by atoms with van der Waals surface area (Å²) in [6.07, 6.45) is 1.67. The number of aromatic amines is 1. The third kappa shape index (κ3) is 4.82. The molecule has 1 aromatic carbocycles. The number of hydrogen-bond acceptors (Lipinski definition) is 3. The standard InChI is InChI=1S/C18H25ClN4O/c1-13(15-5-7-16(19)8-6-15)18(24)23(10-9-22(3)4)11-17-14(2)20-12-21-17/h5-8,12-13H,9-11H2,1-4H3,(H,20,21). The van der Waals surface area contributed by atoms with Gasteiger partial charge in [-0.2, -0.15) is 0 Å². The number of aryl methyl sites for hydroxylation is 1. The molecular weight excluding hydrogens is 324 g/mol.